The summed E-state index contributed by atoms with van der Waals surface area (Å²) in [6.45, 7) is 0. The van der Waals surface area contributed by atoms with Gasteiger partial charge in [-0.3, -0.25) is 0 Å². The van der Waals surface area contributed by atoms with E-state index in [-0.39, 0.29) is 6.16 Å². The van der Waals surface area contributed by atoms with E-state index in [1.807, 2.05) is 42.5 Å². The van der Waals surface area contributed by atoms with Crippen molar-refractivity contribution in [3.63, 3.8) is 0 Å². The third-order valence-electron chi connectivity index (χ3n) is 4.46. The van der Waals surface area contributed by atoms with Crippen molar-refractivity contribution in [3.8, 4) is 0 Å². The van der Waals surface area contributed by atoms with Crippen molar-refractivity contribution in [1.29, 1.82) is 0 Å². The lowest BCUT2D eigenvalue weighted by Crippen LogP contribution is -2.47. The van der Waals surface area contributed by atoms with E-state index in [2.05, 4.69) is 4.98 Å². The highest BCUT2D eigenvalue weighted by Crippen LogP contribution is 2.36. The van der Waals surface area contributed by atoms with E-state index in [9.17, 15) is 19.6 Å². The predicted octanol–water partition coefficient (Wildman–Crippen LogP) is 3.95. The van der Waals surface area contributed by atoms with Gasteiger partial charge in [0.1, 0.15) is 0 Å². The summed E-state index contributed by atoms with van der Waals surface area (Å²) in [5.41, 5.74) is -0.562. The van der Waals surface area contributed by atoms with Crippen molar-refractivity contribution < 1.29 is 19.6 Å². The SMILES string of the molecule is O=[PH+]CC(O)(C(=O)O)C(CSc1ccc2ccccc2n1)c1ccccc1. The van der Waals surface area contributed by atoms with Gasteiger partial charge in [-0.05, 0) is 17.7 Å². The summed E-state index contributed by atoms with van der Waals surface area (Å²) >= 11 is 1.37. The van der Waals surface area contributed by atoms with Crippen molar-refractivity contribution in [2.75, 3.05) is 11.9 Å². The number of benzene rings is 2. The lowest BCUT2D eigenvalue weighted by atomic mass is 9.84. The largest absolute Gasteiger partial charge is 0.479 e. The quantitative estimate of drug-likeness (QED) is 0.440. The molecule has 7 heteroatoms. The number of fused-ring (bicyclic) bond motifs is 1. The molecule has 0 aliphatic carbocycles. The fraction of sp³-hybridized carbons (Fsp3) is 0.200. The van der Waals surface area contributed by atoms with Crippen LogP contribution in [0, 0.1) is 0 Å². The summed E-state index contributed by atoms with van der Waals surface area (Å²) in [7, 11) is -0.908. The Balaban J connectivity index is 1.90. The number of aliphatic hydroxyl groups is 1. The number of carbonyl (C=O) groups is 1. The second-order valence-corrected chi connectivity index (χ2v) is 7.85. The monoisotopic (exact) mass is 400 g/mol. The van der Waals surface area contributed by atoms with Crippen molar-refractivity contribution in [3.05, 3.63) is 72.3 Å². The first-order valence-corrected chi connectivity index (χ1v) is 10.5. The first-order valence-electron chi connectivity index (χ1n) is 8.39. The molecule has 0 saturated carbocycles. The molecule has 1 aromatic heterocycles. The zero-order chi connectivity index (χ0) is 19.3. The lowest BCUT2D eigenvalue weighted by molar-refractivity contribution is -0.157. The van der Waals surface area contributed by atoms with Crippen LogP contribution in [-0.2, 0) is 9.36 Å². The third kappa shape index (κ3) is 4.35. The van der Waals surface area contributed by atoms with Gasteiger partial charge in [0.25, 0.3) is 0 Å². The lowest BCUT2D eigenvalue weighted by Gasteiger charge is -2.29. The molecular weight excluding hydrogens is 381 g/mol. The van der Waals surface area contributed by atoms with Crippen LogP contribution in [-0.4, -0.2) is 38.7 Å². The molecule has 2 aromatic carbocycles. The number of pyridine rings is 1. The Morgan fingerprint density at radius 3 is 2.48 bits per heavy atom. The van der Waals surface area contributed by atoms with Gasteiger partial charge in [-0.25, -0.2) is 9.78 Å². The average molecular weight is 400 g/mol. The number of thioether (sulfide) groups is 1. The number of aromatic nitrogens is 1. The van der Waals surface area contributed by atoms with Crippen molar-refractivity contribution in [2.45, 2.75) is 16.5 Å². The second-order valence-electron chi connectivity index (χ2n) is 6.17. The summed E-state index contributed by atoms with van der Waals surface area (Å²) < 4.78 is 11.2. The molecule has 2 N–H and O–H groups in total. The number of aliphatic carboxylic acids is 1. The van der Waals surface area contributed by atoms with Crippen LogP contribution in [0.2, 0.25) is 0 Å². The molecule has 0 aliphatic rings. The maximum atomic E-state index is 11.8. The van der Waals surface area contributed by atoms with Crippen molar-refractivity contribution >= 4 is 37.1 Å². The van der Waals surface area contributed by atoms with Gasteiger partial charge in [-0.2, -0.15) is 0 Å². The predicted molar refractivity (Wildman–Crippen MR) is 108 cm³/mol. The van der Waals surface area contributed by atoms with Gasteiger partial charge in [0, 0.05) is 17.1 Å². The summed E-state index contributed by atoms with van der Waals surface area (Å²) in [6, 6.07) is 20.6. The summed E-state index contributed by atoms with van der Waals surface area (Å²) in [5.74, 6) is -1.80. The number of para-hydroxylation sites is 1. The molecular formula is C20H19NO4PS+. The first-order chi connectivity index (χ1) is 13.0. The second kappa shape index (κ2) is 8.61. The molecule has 3 aromatic rings. The number of rotatable bonds is 8. The number of nitrogens with zero attached hydrogens (tertiary/aromatic N) is 1. The van der Waals surface area contributed by atoms with E-state index in [1.165, 1.54) is 11.8 Å². The highest BCUT2D eigenvalue weighted by molar-refractivity contribution is 7.99. The van der Waals surface area contributed by atoms with Gasteiger partial charge in [0.2, 0.25) is 5.60 Å². The van der Waals surface area contributed by atoms with E-state index >= 15 is 0 Å². The minimum Gasteiger partial charge on any atom is -0.479 e. The summed E-state index contributed by atoms with van der Waals surface area (Å²) in [6.07, 6.45) is -0.326. The minimum absolute atomic E-state index is 0.294. The van der Waals surface area contributed by atoms with Crippen LogP contribution in [0.25, 0.3) is 10.9 Å². The van der Waals surface area contributed by atoms with Crippen LogP contribution >= 0.6 is 20.2 Å². The Hall–Kier alpha value is -2.27. The normalized spacial score (nSPS) is 14.7. The maximum absolute atomic E-state index is 11.8. The van der Waals surface area contributed by atoms with Crippen LogP contribution in [0.5, 0.6) is 0 Å². The molecule has 0 bridgehead atoms. The van der Waals surface area contributed by atoms with Gasteiger partial charge in [0.05, 0.1) is 10.5 Å². The molecule has 1 heterocycles. The fourth-order valence-corrected chi connectivity index (χ4v) is 4.70. The maximum Gasteiger partial charge on any atom is 0.340 e. The molecule has 0 spiro atoms. The van der Waals surface area contributed by atoms with Crippen molar-refractivity contribution in [1.82, 2.24) is 4.98 Å². The molecule has 3 rings (SSSR count). The Bertz CT molecular complexity index is 953. The standard InChI is InChI=1S/C20H18NO4PS/c22-19(23)20(24,13-26-25)16(14-6-2-1-3-7-14)12-27-18-11-10-15-8-4-5-9-17(15)21-18/h1-11,16,24H,12-13H2,(H,22,23)/p+1. The number of carboxylic acid groups (broad SMARTS) is 1. The molecule has 5 nitrogen and oxygen atoms in total. The topological polar surface area (TPSA) is 87.5 Å². The number of hydrogen-bond donors (Lipinski definition) is 2. The zero-order valence-corrected chi connectivity index (χ0v) is 16.2. The highest BCUT2D eigenvalue weighted by atomic mass is 32.2. The fourth-order valence-electron chi connectivity index (χ4n) is 2.95. The van der Waals surface area contributed by atoms with Gasteiger partial charge in [-0.15, -0.1) is 11.8 Å². The Kier molecular flexibility index (Phi) is 6.22. The van der Waals surface area contributed by atoms with E-state index in [0.29, 0.717) is 11.3 Å². The Morgan fingerprint density at radius 1 is 1.07 bits per heavy atom. The summed E-state index contributed by atoms with van der Waals surface area (Å²) in [4.78, 5) is 16.4. The number of hydrogen-bond acceptors (Lipinski definition) is 5. The van der Waals surface area contributed by atoms with Crippen molar-refractivity contribution in [2.24, 2.45) is 0 Å². The molecule has 0 radical (unpaired) electrons. The van der Waals surface area contributed by atoms with Crippen LogP contribution in [0.1, 0.15) is 11.5 Å². The molecule has 0 fully saturated rings. The molecule has 138 valence electrons. The first kappa shape index (κ1) is 19.5. The van der Waals surface area contributed by atoms with Crippen LogP contribution in [0.3, 0.4) is 0 Å². The van der Waals surface area contributed by atoms with E-state index in [0.717, 1.165) is 15.9 Å². The zero-order valence-electron chi connectivity index (χ0n) is 14.4. The molecule has 3 unspecified atom stereocenters. The van der Waals surface area contributed by atoms with Crippen LogP contribution in [0.15, 0.2) is 71.8 Å². The highest BCUT2D eigenvalue weighted by Gasteiger charge is 2.48. The average Bonchev–Trinajstić information content (AvgIpc) is 2.69. The summed E-state index contributed by atoms with van der Waals surface area (Å²) in [5, 5.41) is 22.2. The smallest absolute Gasteiger partial charge is 0.340 e. The van der Waals surface area contributed by atoms with Gasteiger partial charge in [-0.1, -0.05) is 59.2 Å². The molecule has 27 heavy (non-hydrogen) atoms. The van der Waals surface area contributed by atoms with Gasteiger partial charge < -0.3 is 10.2 Å². The molecule has 3 atom stereocenters. The number of carboxylic acids is 1. The van der Waals surface area contributed by atoms with Crippen LogP contribution < -0.4 is 0 Å². The Labute approximate surface area is 162 Å². The third-order valence-corrected chi connectivity index (χ3v) is 6.17. The van der Waals surface area contributed by atoms with Gasteiger partial charge >= 0.3 is 14.4 Å². The molecule has 0 saturated heterocycles. The minimum atomic E-state index is -2.11. The van der Waals surface area contributed by atoms with Gasteiger partial charge in [0.15, 0.2) is 6.16 Å². The molecule has 0 amide bonds. The van der Waals surface area contributed by atoms with E-state index < -0.39 is 25.9 Å². The molecule has 0 aliphatic heterocycles. The van der Waals surface area contributed by atoms with E-state index in [4.69, 9.17) is 0 Å². The van der Waals surface area contributed by atoms with Crippen LogP contribution in [0.4, 0.5) is 0 Å². The van der Waals surface area contributed by atoms with E-state index in [1.54, 1.807) is 24.3 Å². The Morgan fingerprint density at radius 2 is 1.78 bits per heavy atom.